The predicted octanol–water partition coefficient (Wildman–Crippen LogP) is 1.82. The van der Waals surface area contributed by atoms with Crippen LogP contribution in [0.1, 0.15) is 30.9 Å². The number of esters is 3. The summed E-state index contributed by atoms with van der Waals surface area (Å²) in [7, 11) is 2.67. The van der Waals surface area contributed by atoms with Gasteiger partial charge in [0.15, 0.2) is 28.6 Å². The third-order valence-electron chi connectivity index (χ3n) is 6.36. The van der Waals surface area contributed by atoms with Crippen molar-refractivity contribution >= 4 is 30.1 Å². The second-order valence-corrected chi connectivity index (χ2v) is 9.29. The largest absolute Gasteiger partial charge is 0.504 e. The molecule has 0 aliphatic heterocycles. The first kappa shape index (κ1) is 31.8. The van der Waals surface area contributed by atoms with Crippen molar-refractivity contribution in [1.29, 1.82) is 0 Å². The molecule has 0 radical (unpaired) electrons. The van der Waals surface area contributed by atoms with Gasteiger partial charge in [0.2, 0.25) is 5.75 Å². The van der Waals surface area contributed by atoms with E-state index in [0.29, 0.717) is 11.1 Å². The minimum atomic E-state index is -2.25. The highest BCUT2D eigenvalue weighted by molar-refractivity contribution is 5.88. The van der Waals surface area contributed by atoms with Crippen molar-refractivity contribution in [2.75, 3.05) is 20.8 Å². The van der Waals surface area contributed by atoms with Crippen molar-refractivity contribution in [2.24, 2.45) is 0 Å². The minimum absolute atomic E-state index is 0.0664. The van der Waals surface area contributed by atoms with Crippen molar-refractivity contribution in [3.8, 4) is 28.7 Å². The Kier molecular flexibility index (Phi) is 10.4. The van der Waals surface area contributed by atoms with Crippen molar-refractivity contribution in [2.45, 2.75) is 43.7 Å². The number of hydrogen-bond donors (Lipinski definition) is 5. The van der Waals surface area contributed by atoms with Gasteiger partial charge in [-0.2, -0.15) is 0 Å². The Morgan fingerprint density at radius 3 is 1.86 bits per heavy atom. The zero-order valence-electron chi connectivity index (χ0n) is 23.1. The number of aromatic hydroxyl groups is 3. The second kappa shape index (κ2) is 13.7. The lowest BCUT2D eigenvalue weighted by molar-refractivity contribution is -0.206. The normalized spacial score (nSPS) is 22.1. The van der Waals surface area contributed by atoms with Crippen LogP contribution in [0.3, 0.4) is 0 Å². The van der Waals surface area contributed by atoms with Crippen LogP contribution in [0.2, 0.25) is 0 Å². The van der Waals surface area contributed by atoms with Gasteiger partial charge < -0.3 is 49.2 Å². The standard InChI is InChI=1S/C29H32O13/c1-4-40-28(36)29(37)14-22(41-24(32)9-6-16-5-8-18(30)19(31)11-16)27(35)23(15-29)42-25(33)10-7-17-12-20(38-2)26(34)21(13-17)39-3/h5-13,22-23,27,30-31,34-35,37H,4,14-15H2,1-3H3/b9-6+,10-7+/t22-,23-,27+,29-/m1/s1. The molecule has 1 saturated carbocycles. The lowest BCUT2D eigenvalue weighted by atomic mass is 9.79. The van der Waals surface area contributed by atoms with Gasteiger partial charge >= 0.3 is 17.9 Å². The summed E-state index contributed by atoms with van der Waals surface area (Å²) in [6.45, 7) is 1.46. The molecule has 13 heteroatoms. The van der Waals surface area contributed by atoms with Gasteiger partial charge in [-0.1, -0.05) is 6.07 Å². The first-order chi connectivity index (χ1) is 19.9. The smallest absolute Gasteiger partial charge is 0.338 e. The number of phenols is 3. The molecule has 5 N–H and O–H groups in total. The maximum Gasteiger partial charge on any atom is 0.338 e. The highest BCUT2D eigenvalue weighted by Crippen LogP contribution is 2.38. The fourth-order valence-electron chi connectivity index (χ4n) is 4.24. The number of hydrogen-bond acceptors (Lipinski definition) is 13. The van der Waals surface area contributed by atoms with Crippen molar-refractivity contribution < 1.29 is 63.6 Å². The van der Waals surface area contributed by atoms with E-state index in [0.717, 1.165) is 12.2 Å². The Morgan fingerprint density at radius 1 is 0.857 bits per heavy atom. The SMILES string of the molecule is CCOC(=O)[C@@]1(O)C[C@@H](OC(=O)/C=C/c2ccc(O)c(O)c2)[C@H](O)[C@H](OC(=O)/C=C/c2cc(OC)c(O)c(OC)c2)C1. The van der Waals surface area contributed by atoms with Crippen LogP contribution in [0, 0.1) is 0 Å². The van der Waals surface area contributed by atoms with E-state index in [4.69, 9.17) is 23.7 Å². The van der Waals surface area contributed by atoms with Crippen molar-refractivity contribution in [1.82, 2.24) is 0 Å². The molecule has 0 saturated heterocycles. The number of aliphatic hydroxyl groups excluding tert-OH is 1. The molecule has 1 aliphatic rings. The van der Waals surface area contributed by atoms with Crippen LogP contribution in [-0.4, -0.2) is 88.2 Å². The fraction of sp³-hybridized carbons (Fsp3) is 0.345. The van der Waals surface area contributed by atoms with Gasteiger partial charge in [0.1, 0.15) is 18.3 Å². The average molecular weight is 589 g/mol. The molecule has 0 amide bonds. The third kappa shape index (κ3) is 7.71. The Labute approximate surface area is 240 Å². The number of methoxy groups -OCH3 is 2. The lowest BCUT2D eigenvalue weighted by Crippen LogP contribution is -2.58. The minimum Gasteiger partial charge on any atom is -0.504 e. The maximum atomic E-state index is 12.7. The molecule has 2 aromatic carbocycles. The quantitative estimate of drug-likeness (QED) is 0.117. The first-order valence-electron chi connectivity index (χ1n) is 12.7. The molecule has 42 heavy (non-hydrogen) atoms. The van der Waals surface area contributed by atoms with Crippen molar-refractivity contribution in [3.63, 3.8) is 0 Å². The second-order valence-electron chi connectivity index (χ2n) is 9.29. The Hall–Kier alpha value is -4.75. The summed E-state index contributed by atoms with van der Waals surface area (Å²) in [4.78, 5) is 37.8. The average Bonchev–Trinajstić information content (AvgIpc) is 2.95. The van der Waals surface area contributed by atoms with Gasteiger partial charge in [0.25, 0.3) is 0 Å². The number of carbonyl (C=O) groups excluding carboxylic acids is 3. The molecule has 1 aliphatic carbocycles. The number of ether oxygens (including phenoxy) is 5. The molecule has 2 aromatic rings. The Morgan fingerprint density at radius 2 is 1.38 bits per heavy atom. The molecule has 13 nitrogen and oxygen atoms in total. The molecule has 0 heterocycles. The molecule has 0 bridgehead atoms. The molecule has 0 aromatic heterocycles. The van der Waals surface area contributed by atoms with Gasteiger partial charge in [-0.15, -0.1) is 0 Å². The van der Waals surface area contributed by atoms with Crippen LogP contribution in [0.4, 0.5) is 0 Å². The van der Waals surface area contributed by atoms with E-state index in [2.05, 4.69) is 0 Å². The van der Waals surface area contributed by atoms with E-state index in [9.17, 15) is 39.9 Å². The first-order valence-corrected chi connectivity index (χ1v) is 12.7. The highest BCUT2D eigenvalue weighted by atomic mass is 16.6. The van der Waals surface area contributed by atoms with E-state index in [-0.39, 0.29) is 29.6 Å². The number of phenolic OH excluding ortho intramolecular Hbond substituents is 3. The molecule has 4 atom stereocenters. The molecular weight excluding hydrogens is 556 g/mol. The highest BCUT2D eigenvalue weighted by Gasteiger charge is 2.53. The number of aliphatic hydroxyl groups is 2. The van der Waals surface area contributed by atoms with E-state index >= 15 is 0 Å². The Balaban J connectivity index is 1.78. The molecule has 3 rings (SSSR count). The number of rotatable bonds is 10. The molecule has 0 unspecified atom stereocenters. The molecule has 0 spiro atoms. The molecular formula is C29H32O13. The number of benzene rings is 2. The van der Waals surface area contributed by atoms with Crippen LogP contribution < -0.4 is 9.47 Å². The number of carbonyl (C=O) groups is 3. The van der Waals surface area contributed by atoms with Crippen LogP contribution >= 0.6 is 0 Å². The van der Waals surface area contributed by atoms with E-state index in [1.165, 1.54) is 63.6 Å². The van der Waals surface area contributed by atoms with Crippen LogP contribution in [0.5, 0.6) is 28.7 Å². The molecule has 226 valence electrons. The zero-order valence-corrected chi connectivity index (χ0v) is 23.1. The van der Waals surface area contributed by atoms with E-state index < -0.39 is 60.4 Å². The van der Waals surface area contributed by atoms with E-state index in [1.807, 2.05) is 0 Å². The predicted molar refractivity (Wildman–Crippen MR) is 146 cm³/mol. The maximum absolute atomic E-state index is 12.7. The topological polar surface area (TPSA) is 199 Å². The van der Waals surface area contributed by atoms with Crippen LogP contribution in [-0.2, 0) is 28.6 Å². The fourth-order valence-corrected chi connectivity index (χ4v) is 4.24. The monoisotopic (exact) mass is 588 g/mol. The Bertz CT molecular complexity index is 1340. The molecule has 1 fully saturated rings. The zero-order chi connectivity index (χ0) is 31.0. The summed E-state index contributed by atoms with van der Waals surface area (Å²) in [5.41, 5.74) is -1.51. The van der Waals surface area contributed by atoms with Crippen LogP contribution in [0.15, 0.2) is 42.5 Å². The summed E-state index contributed by atoms with van der Waals surface area (Å²) >= 11 is 0. The van der Waals surface area contributed by atoms with E-state index in [1.54, 1.807) is 0 Å². The summed E-state index contributed by atoms with van der Waals surface area (Å²) < 4.78 is 25.7. The summed E-state index contributed by atoms with van der Waals surface area (Å²) in [5.74, 6) is -3.80. The van der Waals surface area contributed by atoms with Gasteiger partial charge in [-0.3, -0.25) is 0 Å². The summed E-state index contributed by atoms with van der Waals surface area (Å²) in [6, 6.07) is 6.69. The summed E-state index contributed by atoms with van der Waals surface area (Å²) in [5, 5.41) is 51.0. The van der Waals surface area contributed by atoms with Crippen molar-refractivity contribution in [3.05, 3.63) is 53.6 Å². The van der Waals surface area contributed by atoms with Gasteiger partial charge in [0, 0.05) is 25.0 Å². The lowest BCUT2D eigenvalue weighted by Gasteiger charge is -2.41. The third-order valence-corrected chi connectivity index (χ3v) is 6.36. The van der Waals surface area contributed by atoms with Crippen LogP contribution in [0.25, 0.3) is 12.2 Å². The van der Waals surface area contributed by atoms with Gasteiger partial charge in [-0.25, -0.2) is 14.4 Å². The summed E-state index contributed by atoms with van der Waals surface area (Å²) in [6.07, 6.45) is -1.09. The van der Waals surface area contributed by atoms with Gasteiger partial charge in [-0.05, 0) is 54.5 Å². The van der Waals surface area contributed by atoms with Gasteiger partial charge in [0.05, 0.1) is 20.8 Å².